The number of carboxylic acid groups (broad SMARTS) is 2. The van der Waals surface area contributed by atoms with Gasteiger partial charge in [0.1, 0.15) is 6.04 Å². The summed E-state index contributed by atoms with van der Waals surface area (Å²) in [6.07, 6.45) is 2.04. The molecule has 3 aromatic carbocycles. The highest BCUT2D eigenvalue weighted by Gasteiger charge is 2.20. The molecule has 0 heterocycles. The molecule has 15 heteroatoms. The van der Waals surface area contributed by atoms with Crippen LogP contribution in [0.15, 0.2) is 78.6 Å². The quantitative estimate of drug-likeness (QED) is 0.0832. The number of nitrogens with zero attached hydrogens (tertiary/aromatic N) is 1. The number of aliphatic carboxylic acids is 2. The van der Waals surface area contributed by atoms with Crippen LogP contribution < -0.4 is 38.3 Å². The van der Waals surface area contributed by atoms with Crippen molar-refractivity contribution in [2.24, 2.45) is 17.3 Å². The summed E-state index contributed by atoms with van der Waals surface area (Å²) in [4.78, 5) is 60.0. The van der Waals surface area contributed by atoms with E-state index in [9.17, 15) is 33.5 Å². The van der Waals surface area contributed by atoms with E-state index in [-0.39, 0.29) is 48.2 Å². The maximum atomic E-state index is 13.3. The molecule has 0 bridgehead atoms. The Labute approximate surface area is 269 Å². The Morgan fingerprint density at radius 1 is 0.809 bits per heavy atom. The number of halogens is 1. The number of hydrazine groups is 1. The molecule has 248 valence electrons. The van der Waals surface area contributed by atoms with Crippen LogP contribution >= 0.6 is 0 Å². The van der Waals surface area contributed by atoms with Crippen LogP contribution in [0.25, 0.3) is 0 Å². The first kappa shape index (κ1) is 35.5. The highest BCUT2D eigenvalue weighted by molar-refractivity contribution is 6.09. The Morgan fingerprint density at radius 3 is 1.81 bits per heavy atom. The van der Waals surface area contributed by atoms with Crippen molar-refractivity contribution in [3.8, 4) is 0 Å². The van der Waals surface area contributed by atoms with Gasteiger partial charge in [0.25, 0.3) is 11.8 Å². The van der Waals surface area contributed by atoms with E-state index < -0.39 is 42.5 Å². The summed E-state index contributed by atoms with van der Waals surface area (Å²) in [5.74, 6) is 2.84. The maximum Gasteiger partial charge on any atom is 0.326 e. The van der Waals surface area contributed by atoms with E-state index in [4.69, 9.17) is 22.4 Å². The van der Waals surface area contributed by atoms with Gasteiger partial charge in [-0.2, -0.15) is 0 Å². The van der Waals surface area contributed by atoms with Crippen LogP contribution in [0.3, 0.4) is 0 Å². The topological polar surface area (TPSA) is 243 Å². The molecule has 11 N–H and O–H groups in total. The maximum absolute atomic E-state index is 13.3. The Balaban J connectivity index is 1.84. The third-order valence-electron chi connectivity index (χ3n) is 6.75. The molecule has 0 saturated carbocycles. The Morgan fingerprint density at radius 2 is 1.34 bits per heavy atom. The van der Waals surface area contributed by atoms with Gasteiger partial charge in [-0.25, -0.2) is 15.4 Å². The fourth-order valence-electron chi connectivity index (χ4n) is 4.36. The molecule has 0 aromatic heterocycles. The summed E-state index contributed by atoms with van der Waals surface area (Å²) < 4.78 is 12.6. The number of hydrogen-bond donors (Lipinski definition) is 8. The van der Waals surface area contributed by atoms with E-state index >= 15 is 0 Å². The molecule has 0 aliphatic heterocycles. The molecule has 1 unspecified atom stereocenters. The van der Waals surface area contributed by atoms with Crippen LogP contribution in [-0.2, 0) is 22.4 Å². The SMILES string of the molecule is NC(=O)NC(Cc1ccc(NC(=O)c2cc(C(=O)Nc3ccc(CCC(=O)O)cc3)cc(N(N)/C=C(\N)CCCF)c2)cc1)C(=O)O. The van der Waals surface area contributed by atoms with Gasteiger partial charge in [0.05, 0.1) is 12.4 Å². The molecule has 47 heavy (non-hydrogen) atoms. The van der Waals surface area contributed by atoms with Gasteiger partial charge in [-0.15, -0.1) is 0 Å². The van der Waals surface area contributed by atoms with Crippen molar-refractivity contribution in [3.63, 3.8) is 0 Å². The number of nitrogens with two attached hydrogens (primary N) is 3. The predicted molar refractivity (Wildman–Crippen MR) is 173 cm³/mol. The van der Waals surface area contributed by atoms with Gasteiger partial charge < -0.3 is 37.6 Å². The van der Waals surface area contributed by atoms with Crippen LogP contribution in [0.5, 0.6) is 0 Å². The molecule has 0 radical (unpaired) electrons. The molecule has 3 rings (SSSR count). The number of carboxylic acids is 2. The molecule has 0 aliphatic rings. The molecule has 0 spiro atoms. The summed E-state index contributed by atoms with van der Waals surface area (Å²) >= 11 is 0. The number of nitrogens with one attached hydrogen (secondary N) is 3. The fourth-order valence-corrected chi connectivity index (χ4v) is 4.36. The first-order chi connectivity index (χ1) is 22.3. The summed E-state index contributed by atoms with van der Waals surface area (Å²) in [5, 5.41) is 26.9. The third kappa shape index (κ3) is 11.5. The zero-order valence-corrected chi connectivity index (χ0v) is 25.2. The van der Waals surface area contributed by atoms with Crippen LogP contribution in [0.2, 0.25) is 0 Å². The monoisotopic (exact) mass is 649 g/mol. The van der Waals surface area contributed by atoms with Crippen molar-refractivity contribution >= 4 is 46.8 Å². The second-order valence-electron chi connectivity index (χ2n) is 10.5. The summed E-state index contributed by atoms with van der Waals surface area (Å²) in [5.41, 5.74) is 13.8. The lowest BCUT2D eigenvalue weighted by molar-refractivity contribution is -0.139. The summed E-state index contributed by atoms with van der Waals surface area (Å²) in [6, 6.07) is 14.9. The standard InChI is InChI=1S/C32H36FN7O7/c33-13-1-2-23(34)18-40(36)26-16-21(29(43)37-24-8-3-19(4-9-24)7-12-28(41)42)15-22(17-26)30(44)38-25-10-5-20(6-11-25)14-27(31(45)46)39-32(35)47/h3-6,8-11,15-18,27H,1-2,7,12-14,34,36H2,(H,37,43)(H,38,44)(H,41,42)(H,45,46)(H3,35,39,47)/b23-18-. The number of allylic oxidation sites excluding steroid dienone is 1. The van der Waals surface area contributed by atoms with Gasteiger partial charge in [0.15, 0.2) is 0 Å². The average Bonchev–Trinajstić information content (AvgIpc) is 3.03. The van der Waals surface area contributed by atoms with E-state index in [1.165, 1.54) is 36.5 Å². The van der Waals surface area contributed by atoms with E-state index in [1.807, 2.05) is 0 Å². The number of carbonyl (C=O) groups excluding carboxylic acids is 3. The van der Waals surface area contributed by atoms with Crippen molar-refractivity contribution < 1.29 is 38.6 Å². The molecule has 14 nitrogen and oxygen atoms in total. The first-order valence-electron chi connectivity index (χ1n) is 14.4. The highest BCUT2D eigenvalue weighted by Crippen LogP contribution is 2.22. The normalized spacial score (nSPS) is 11.7. The smallest absolute Gasteiger partial charge is 0.326 e. The molecule has 4 amide bonds. The second-order valence-corrected chi connectivity index (χ2v) is 10.5. The fraction of sp³-hybridized carbons (Fsp3) is 0.219. The van der Waals surface area contributed by atoms with Gasteiger partial charge in [-0.3, -0.25) is 23.8 Å². The van der Waals surface area contributed by atoms with Gasteiger partial charge >= 0.3 is 18.0 Å². The molecule has 0 fully saturated rings. The lowest BCUT2D eigenvalue weighted by Crippen LogP contribution is -2.44. The van der Waals surface area contributed by atoms with Crippen molar-refractivity contribution in [2.75, 3.05) is 22.3 Å². The minimum atomic E-state index is -1.26. The van der Waals surface area contributed by atoms with E-state index in [2.05, 4.69) is 16.0 Å². The van der Waals surface area contributed by atoms with E-state index in [0.717, 1.165) is 10.6 Å². The molecule has 0 aliphatic carbocycles. The number of primary amides is 1. The number of urea groups is 1. The lowest BCUT2D eigenvalue weighted by atomic mass is 10.0. The Bertz CT molecular complexity index is 1630. The zero-order chi connectivity index (χ0) is 34.5. The van der Waals surface area contributed by atoms with Gasteiger partial charge in [0.2, 0.25) is 0 Å². The molecule has 0 saturated heterocycles. The highest BCUT2D eigenvalue weighted by atomic mass is 19.1. The number of amides is 4. The van der Waals surface area contributed by atoms with E-state index in [1.54, 1.807) is 36.4 Å². The van der Waals surface area contributed by atoms with Gasteiger partial charge in [0, 0.05) is 47.2 Å². The third-order valence-corrected chi connectivity index (χ3v) is 6.75. The number of rotatable bonds is 16. The lowest BCUT2D eigenvalue weighted by Gasteiger charge is -2.18. The number of alkyl halides is 1. The minimum Gasteiger partial charge on any atom is -0.481 e. The average molecular weight is 650 g/mol. The van der Waals surface area contributed by atoms with Gasteiger partial charge in [-0.1, -0.05) is 24.3 Å². The van der Waals surface area contributed by atoms with Crippen molar-refractivity contribution in [3.05, 3.63) is 101 Å². The number of carbonyl (C=O) groups is 5. The first-order valence-corrected chi connectivity index (χ1v) is 14.4. The van der Waals surface area contributed by atoms with Crippen molar-refractivity contribution in [1.82, 2.24) is 5.32 Å². The predicted octanol–water partition coefficient (Wildman–Crippen LogP) is 3.10. The zero-order valence-electron chi connectivity index (χ0n) is 25.2. The number of aryl methyl sites for hydroxylation is 1. The minimum absolute atomic E-state index is 0.0323. The number of hydrogen-bond acceptors (Lipinski definition) is 8. The second kappa shape index (κ2) is 16.9. The van der Waals surface area contributed by atoms with Crippen LogP contribution in [0.1, 0.15) is 51.1 Å². The Kier molecular flexibility index (Phi) is 12.8. The number of benzene rings is 3. The molecular weight excluding hydrogens is 613 g/mol. The largest absolute Gasteiger partial charge is 0.481 e. The van der Waals surface area contributed by atoms with E-state index in [0.29, 0.717) is 23.4 Å². The molecule has 3 aromatic rings. The van der Waals surface area contributed by atoms with Crippen molar-refractivity contribution in [2.45, 2.75) is 38.1 Å². The molecule has 1 atom stereocenters. The van der Waals surface area contributed by atoms with Crippen LogP contribution in [0, 0.1) is 0 Å². The van der Waals surface area contributed by atoms with Crippen LogP contribution in [0.4, 0.5) is 26.2 Å². The Hall–Kier alpha value is -5.96. The summed E-state index contributed by atoms with van der Waals surface area (Å²) in [7, 11) is 0. The number of anilines is 3. The van der Waals surface area contributed by atoms with Gasteiger partial charge in [-0.05, 0) is 72.9 Å². The molecular formula is C32H36FN7O7. The van der Waals surface area contributed by atoms with Crippen molar-refractivity contribution in [1.29, 1.82) is 0 Å². The van der Waals surface area contributed by atoms with Crippen LogP contribution in [-0.4, -0.2) is 52.7 Å². The summed E-state index contributed by atoms with van der Waals surface area (Å²) in [6.45, 7) is -0.564.